The number of esters is 1. The van der Waals surface area contributed by atoms with Crippen LogP contribution in [0.1, 0.15) is 53.9 Å². The van der Waals surface area contributed by atoms with E-state index in [-0.39, 0.29) is 37.2 Å². The number of nitrogens with one attached hydrogen (secondary N) is 1. The Balaban J connectivity index is 1.75. The molecule has 1 atom stereocenters. The molecule has 0 unspecified atom stereocenters. The average molecular weight is 408 g/mol. The van der Waals surface area contributed by atoms with Crippen molar-refractivity contribution < 1.29 is 19.1 Å². The fraction of sp³-hybridized carbons (Fsp3) is 0.350. The first-order valence-corrected chi connectivity index (χ1v) is 9.97. The summed E-state index contributed by atoms with van der Waals surface area (Å²) < 4.78 is 5.51. The Hall–Kier alpha value is -2.18. The molecule has 2 rings (SSSR count). The highest BCUT2D eigenvalue weighted by Crippen LogP contribution is 2.23. The summed E-state index contributed by atoms with van der Waals surface area (Å²) >= 11 is 6.96. The summed E-state index contributed by atoms with van der Waals surface area (Å²) in [6.45, 7) is 1.69. The summed E-state index contributed by atoms with van der Waals surface area (Å²) in [6.07, 6.45) is 1.66. The van der Waals surface area contributed by atoms with E-state index in [1.165, 1.54) is 11.3 Å². The Bertz CT molecular complexity index is 775. The molecule has 0 saturated heterocycles. The topological polar surface area (TPSA) is 72.5 Å². The Kier molecular flexibility index (Phi) is 8.48. The summed E-state index contributed by atoms with van der Waals surface area (Å²) in [5.41, 5.74) is 1.01. The molecule has 0 aliphatic carbocycles. The molecule has 0 aliphatic heterocycles. The van der Waals surface area contributed by atoms with Gasteiger partial charge in [0.1, 0.15) is 0 Å². The van der Waals surface area contributed by atoms with Crippen molar-refractivity contribution in [3.63, 3.8) is 0 Å². The molecule has 0 aliphatic rings. The van der Waals surface area contributed by atoms with Crippen LogP contribution in [-0.4, -0.2) is 24.3 Å². The van der Waals surface area contributed by atoms with Gasteiger partial charge in [-0.1, -0.05) is 55.3 Å². The molecule has 0 radical (unpaired) electrons. The maximum Gasteiger partial charge on any atom is 0.306 e. The third-order valence-corrected chi connectivity index (χ3v) is 5.16. The van der Waals surface area contributed by atoms with Crippen LogP contribution in [-0.2, 0) is 14.3 Å². The van der Waals surface area contributed by atoms with Crippen LogP contribution in [0.2, 0.25) is 4.34 Å². The summed E-state index contributed by atoms with van der Waals surface area (Å²) in [5.74, 6) is -1.10. The van der Waals surface area contributed by atoms with Gasteiger partial charge < -0.3 is 10.1 Å². The molecular weight excluding hydrogens is 386 g/mol. The van der Waals surface area contributed by atoms with Crippen LogP contribution in [0.3, 0.4) is 0 Å². The summed E-state index contributed by atoms with van der Waals surface area (Å²) in [7, 11) is 0. The van der Waals surface area contributed by atoms with Crippen LogP contribution in [0.15, 0.2) is 42.5 Å². The molecule has 0 spiro atoms. The van der Waals surface area contributed by atoms with Gasteiger partial charge in [-0.2, -0.15) is 0 Å². The zero-order valence-corrected chi connectivity index (χ0v) is 16.6. The van der Waals surface area contributed by atoms with Crippen molar-refractivity contribution in [2.75, 3.05) is 6.61 Å². The molecule has 144 valence electrons. The Labute approximate surface area is 167 Å². The fourth-order valence-electron chi connectivity index (χ4n) is 2.55. The normalized spacial score (nSPS) is 11.6. The highest BCUT2D eigenvalue weighted by molar-refractivity contribution is 7.18. The first-order valence-electron chi connectivity index (χ1n) is 8.78. The second kappa shape index (κ2) is 10.8. The first kappa shape index (κ1) is 21.1. The Morgan fingerprint density at radius 3 is 2.48 bits per heavy atom. The van der Waals surface area contributed by atoms with Crippen molar-refractivity contribution >= 4 is 40.6 Å². The number of rotatable bonds is 10. The molecule has 0 saturated carbocycles. The van der Waals surface area contributed by atoms with Crippen molar-refractivity contribution in [1.29, 1.82) is 0 Å². The van der Waals surface area contributed by atoms with Crippen molar-refractivity contribution in [1.82, 2.24) is 5.32 Å². The number of halogens is 1. The van der Waals surface area contributed by atoms with Gasteiger partial charge >= 0.3 is 5.97 Å². The quantitative estimate of drug-likeness (QED) is 0.462. The average Bonchev–Trinajstić information content (AvgIpc) is 3.11. The zero-order valence-electron chi connectivity index (χ0n) is 15.1. The Morgan fingerprint density at radius 2 is 1.85 bits per heavy atom. The highest BCUT2D eigenvalue weighted by atomic mass is 35.5. The minimum absolute atomic E-state index is 0.0275. The molecular formula is C20H22ClNO4S. The lowest BCUT2D eigenvalue weighted by molar-refractivity contribution is -0.148. The molecule has 1 heterocycles. The largest absolute Gasteiger partial charge is 0.456 e. The van der Waals surface area contributed by atoms with Crippen LogP contribution >= 0.6 is 22.9 Å². The van der Waals surface area contributed by atoms with E-state index in [4.69, 9.17) is 16.3 Å². The molecule has 1 aromatic heterocycles. The van der Waals surface area contributed by atoms with E-state index in [1.54, 1.807) is 12.1 Å². The molecule has 27 heavy (non-hydrogen) atoms. The van der Waals surface area contributed by atoms with E-state index in [0.29, 0.717) is 9.21 Å². The number of thiophene rings is 1. The number of benzene rings is 1. The standard InChI is InChI=1S/C20H22ClNO4S/c1-2-6-15(14-7-4-3-5-8-14)22-19(24)13-26-20(25)12-9-16(23)17-10-11-18(21)27-17/h3-5,7-8,10-11,15H,2,6,9,12-13H2,1H3,(H,22,24)/t15-/m1/s1. The van der Waals surface area contributed by atoms with Crippen molar-refractivity contribution in [2.45, 2.75) is 38.6 Å². The Morgan fingerprint density at radius 1 is 1.11 bits per heavy atom. The van der Waals surface area contributed by atoms with Crippen LogP contribution in [0.25, 0.3) is 0 Å². The second-order valence-corrected chi connectivity index (χ2v) is 7.72. The van der Waals surface area contributed by atoms with E-state index >= 15 is 0 Å². The van der Waals surface area contributed by atoms with Crippen LogP contribution in [0, 0.1) is 0 Å². The first-order chi connectivity index (χ1) is 13.0. The van der Waals surface area contributed by atoms with Gasteiger partial charge in [-0.3, -0.25) is 14.4 Å². The third kappa shape index (κ3) is 7.15. The molecule has 7 heteroatoms. The number of hydrogen-bond acceptors (Lipinski definition) is 5. The van der Waals surface area contributed by atoms with E-state index in [9.17, 15) is 14.4 Å². The molecule has 0 bridgehead atoms. The predicted octanol–water partition coefficient (Wildman–Crippen LogP) is 4.57. The minimum atomic E-state index is -0.576. The molecule has 0 fully saturated rings. The van der Waals surface area contributed by atoms with Crippen molar-refractivity contribution in [3.8, 4) is 0 Å². The van der Waals surface area contributed by atoms with Gasteiger partial charge in [0.25, 0.3) is 5.91 Å². The summed E-state index contributed by atoms with van der Waals surface area (Å²) in [4.78, 5) is 36.3. The maximum absolute atomic E-state index is 12.1. The van der Waals surface area contributed by atoms with Gasteiger partial charge in [0.15, 0.2) is 12.4 Å². The number of ether oxygens (including phenoxy) is 1. The zero-order chi connectivity index (χ0) is 19.6. The van der Waals surface area contributed by atoms with Gasteiger partial charge in [0.2, 0.25) is 0 Å². The monoisotopic (exact) mass is 407 g/mol. The number of ketones is 1. The summed E-state index contributed by atoms with van der Waals surface area (Å²) in [6, 6.07) is 12.8. The van der Waals surface area contributed by atoms with Gasteiger partial charge in [-0.05, 0) is 24.1 Å². The smallest absolute Gasteiger partial charge is 0.306 e. The van der Waals surface area contributed by atoms with Gasteiger partial charge in [-0.15, -0.1) is 11.3 Å². The van der Waals surface area contributed by atoms with E-state index < -0.39 is 5.97 Å². The molecule has 1 amide bonds. The molecule has 1 aromatic carbocycles. The van der Waals surface area contributed by atoms with Crippen LogP contribution in [0.5, 0.6) is 0 Å². The lowest BCUT2D eigenvalue weighted by atomic mass is 10.0. The lowest BCUT2D eigenvalue weighted by Gasteiger charge is -2.18. The van der Waals surface area contributed by atoms with Gasteiger partial charge in [0.05, 0.1) is 21.7 Å². The van der Waals surface area contributed by atoms with E-state index in [2.05, 4.69) is 5.32 Å². The van der Waals surface area contributed by atoms with Gasteiger partial charge in [0, 0.05) is 6.42 Å². The maximum atomic E-state index is 12.1. The third-order valence-electron chi connectivity index (χ3n) is 3.88. The fourth-order valence-corrected chi connectivity index (χ4v) is 3.56. The number of carbonyl (C=O) groups is 3. The minimum Gasteiger partial charge on any atom is -0.456 e. The number of Topliss-reactive ketones (excluding diaryl/α,β-unsaturated/α-hetero) is 1. The van der Waals surface area contributed by atoms with E-state index in [1.807, 2.05) is 37.3 Å². The van der Waals surface area contributed by atoms with Crippen molar-refractivity contribution in [2.24, 2.45) is 0 Å². The van der Waals surface area contributed by atoms with Gasteiger partial charge in [-0.25, -0.2) is 0 Å². The molecule has 2 aromatic rings. The second-order valence-electron chi connectivity index (χ2n) is 6.01. The predicted molar refractivity (Wildman–Crippen MR) is 106 cm³/mol. The lowest BCUT2D eigenvalue weighted by Crippen LogP contribution is -2.32. The SMILES string of the molecule is CCC[C@@H](NC(=O)COC(=O)CCC(=O)c1ccc(Cl)s1)c1ccccc1. The van der Waals surface area contributed by atoms with E-state index in [0.717, 1.165) is 18.4 Å². The highest BCUT2D eigenvalue weighted by Gasteiger charge is 2.16. The summed E-state index contributed by atoms with van der Waals surface area (Å²) in [5, 5.41) is 2.89. The van der Waals surface area contributed by atoms with Crippen molar-refractivity contribution in [3.05, 3.63) is 57.2 Å². The van der Waals surface area contributed by atoms with Crippen LogP contribution in [0.4, 0.5) is 0 Å². The number of carbonyl (C=O) groups excluding carboxylic acids is 3. The van der Waals surface area contributed by atoms with Crippen LogP contribution < -0.4 is 5.32 Å². The number of hydrogen-bond donors (Lipinski definition) is 1. The number of amides is 1. The molecule has 5 nitrogen and oxygen atoms in total. The molecule has 1 N–H and O–H groups in total.